The molecule has 1 amide bonds. The Morgan fingerprint density at radius 3 is 2.89 bits per heavy atom. The third kappa shape index (κ3) is 4.86. The summed E-state index contributed by atoms with van der Waals surface area (Å²) in [6, 6.07) is 0. The Morgan fingerprint density at radius 2 is 2.21 bits per heavy atom. The number of nitrogens with one attached hydrogen (secondary N) is 2. The monoisotopic (exact) mass is 269 g/mol. The first-order valence-corrected chi connectivity index (χ1v) is 6.63. The molecule has 0 radical (unpaired) electrons. The largest absolute Gasteiger partial charge is 0.438 e. The van der Waals surface area contributed by atoms with Crippen molar-refractivity contribution in [2.45, 2.75) is 32.1 Å². The molecule has 0 unspecified atom stereocenters. The number of hydrogen-bond acceptors (Lipinski definition) is 5. The normalized spacial score (nSPS) is 16.4. The van der Waals surface area contributed by atoms with E-state index in [-0.39, 0.29) is 5.91 Å². The Hall–Kier alpha value is -1.63. The van der Waals surface area contributed by atoms with Gasteiger partial charge in [-0.05, 0) is 25.2 Å². The first kappa shape index (κ1) is 13.8. The Bertz CT molecular complexity index is 448. The summed E-state index contributed by atoms with van der Waals surface area (Å²) in [6.45, 7) is 2.08. The number of carbonyl (C=O) groups excluding carboxylic acids is 1. The molecule has 0 aromatic carbocycles. The molecule has 1 aromatic rings. The highest BCUT2D eigenvalue weighted by Gasteiger charge is 2.15. The average molecular weight is 269 g/mol. The van der Waals surface area contributed by atoms with E-state index in [0.29, 0.717) is 31.1 Å². The Morgan fingerprint density at radius 1 is 1.42 bits per heavy atom. The highest BCUT2D eigenvalue weighted by Crippen LogP contribution is 2.19. The third-order valence-electron chi connectivity index (χ3n) is 3.29. The van der Waals surface area contributed by atoms with Crippen molar-refractivity contribution < 1.29 is 14.1 Å². The number of carbonyl (C=O) groups is 1. The molecule has 0 saturated carbocycles. The first-order chi connectivity index (χ1) is 9.24. The van der Waals surface area contributed by atoms with Crippen molar-refractivity contribution in [3.63, 3.8) is 0 Å². The number of rotatable bonds is 6. The lowest BCUT2D eigenvalue weighted by Gasteiger charge is -2.21. The van der Waals surface area contributed by atoms with Gasteiger partial charge < -0.3 is 10.1 Å². The molecule has 0 aliphatic carbocycles. The van der Waals surface area contributed by atoms with Gasteiger partial charge in [0.1, 0.15) is 0 Å². The van der Waals surface area contributed by atoms with Crippen molar-refractivity contribution in [1.82, 2.24) is 15.5 Å². The number of H-pyrrole nitrogens is 1. The number of aromatic amines is 1. The van der Waals surface area contributed by atoms with Crippen molar-refractivity contribution in [3.8, 4) is 0 Å². The van der Waals surface area contributed by atoms with Gasteiger partial charge in [-0.1, -0.05) is 5.16 Å². The van der Waals surface area contributed by atoms with Crippen LogP contribution >= 0.6 is 0 Å². The van der Waals surface area contributed by atoms with Crippen LogP contribution in [0.5, 0.6) is 0 Å². The summed E-state index contributed by atoms with van der Waals surface area (Å²) < 4.78 is 9.64. The van der Waals surface area contributed by atoms with Gasteiger partial charge in [-0.2, -0.15) is 0 Å². The van der Waals surface area contributed by atoms with Crippen LogP contribution in [0.15, 0.2) is 9.32 Å². The maximum absolute atomic E-state index is 11.6. The number of aromatic nitrogens is 2. The summed E-state index contributed by atoms with van der Waals surface area (Å²) >= 11 is 0. The van der Waals surface area contributed by atoms with Crippen LogP contribution in [0.2, 0.25) is 0 Å². The van der Waals surface area contributed by atoms with Crippen LogP contribution < -0.4 is 11.1 Å². The molecule has 2 N–H and O–H groups in total. The van der Waals surface area contributed by atoms with E-state index >= 15 is 0 Å². The van der Waals surface area contributed by atoms with E-state index in [1.807, 2.05) is 0 Å². The Labute approximate surface area is 110 Å². The second-order valence-electron chi connectivity index (χ2n) is 4.74. The predicted octanol–water partition coefficient (Wildman–Crippen LogP) is 0.228. The summed E-state index contributed by atoms with van der Waals surface area (Å²) in [6.07, 6.45) is 4.02. The Balaban J connectivity index is 1.57. The van der Waals surface area contributed by atoms with E-state index in [4.69, 9.17) is 4.74 Å². The minimum absolute atomic E-state index is 0.0392. The van der Waals surface area contributed by atoms with E-state index in [1.165, 1.54) is 0 Å². The van der Waals surface area contributed by atoms with Crippen molar-refractivity contribution in [3.05, 3.63) is 16.4 Å². The zero-order valence-electron chi connectivity index (χ0n) is 10.8. The molecule has 1 saturated heterocycles. The van der Waals surface area contributed by atoms with Gasteiger partial charge in [-0.25, -0.2) is 4.79 Å². The fourth-order valence-corrected chi connectivity index (χ4v) is 2.15. The number of nitrogens with zero attached hydrogens (tertiary/aromatic N) is 1. The van der Waals surface area contributed by atoms with Gasteiger partial charge in [0.2, 0.25) is 5.91 Å². The highest BCUT2D eigenvalue weighted by atomic mass is 16.5. The predicted molar refractivity (Wildman–Crippen MR) is 66.6 cm³/mol. The maximum atomic E-state index is 11.6. The van der Waals surface area contributed by atoms with Crippen LogP contribution in [0, 0.1) is 5.92 Å². The molecule has 7 heteroatoms. The molecular weight excluding hydrogens is 250 g/mol. The molecular formula is C12H19N3O4. The molecule has 106 valence electrons. The maximum Gasteiger partial charge on any atom is 0.438 e. The topological polar surface area (TPSA) is 97.2 Å². The molecule has 1 aromatic heterocycles. The molecule has 2 heterocycles. The van der Waals surface area contributed by atoms with E-state index in [0.717, 1.165) is 32.5 Å². The fourth-order valence-electron chi connectivity index (χ4n) is 2.15. The SMILES string of the molecule is O=C(CCC1CCOCC1)NCCc1noc(=O)[nH]1. The molecule has 2 rings (SSSR count). The number of amides is 1. The summed E-state index contributed by atoms with van der Waals surface area (Å²) in [7, 11) is 0. The van der Waals surface area contributed by atoms with E-state index in [2.05, 4.69) is 20.0 Å². The van der Waals surface area contributed by atoms with Gasteiger partial charge in [-0.3, -0.25) is 14.3 Å². The van der Waals surface area contributed by atoms with Crippen LogP contribution in [-0.4, -0.2) is 35.8 Å². The van der Waals surface area contributed by atoms with Crippen molar-refractivity contribution in [1.29, 1.82) is 0 Å². The van der Waals surface area contributed by atoms with Crippen LogP contribution in [0.25, 0.3) is 0 Å². The lowest BCUT2D eigenvalue weighted by atomic mass is 9.95. The molecule has 0 spiro atoms. The minimum Gasteiger partial charge on any atom is -0.381 e. The third-order valence-corrected chi connectivity index (χ3v) is 3.29. The lowest BCUT2D eigenvalue weighted by molar-refractivity contribution is -0.121. The van der Waals surface area contributed by atoms with Gasteiger partial charge in [0.15, 0.2) is 5.82 Å². The minimum atomic E-state index is -0.569. The Kier molecular flexibility index (Phi) is 5.14. The highest BCUT2D eigenvalue weighted by molar-refractivity contribution is 5.75. The fraction of sp³-hybridized carbons (Fsp3) is 0.750. The second kappa shape index (κ2) is 7.08. The molecule has 7 nitrogen and oxygen atoms in total. The summed E-state index contributed by atoms with van der Waals surface area (Å²) in [5, 5.41) is 6.33. The smallest absolute Gasteiger partial charge is 0.381 e. The van der Waals surface area contributed by atoms with Gasteiger partial charge in [0, 0.05) is 32.6 Å². The van der Waals surface area contributed by atoms with Crippen molar-refractivity contribution >= 4 is 5.91 Å². The van der Waals surface area contributed by atoms with Crippen LogP contribution in [0.3, 0.4) is 0 Å². The van der Waals surface area contributed by atoms with Crippen molar-refractivity contribution in [2.75, 3.05) is 19.8 Å². The molecule has 1 aliphatic heterocycles. The van der Waals surface area contributed by atoms with E-state index in [9.17, 15) is 9.59 Å². The zero-order valence-corrected chi connectivity index (χ0v) is 10.8. The molecule has 0 atom stereocenters. The van der Waals surface area contributed by atoms with E-state index < -0.39 is 5.76 Å². The quantitative estimate of drug-likeness (QED) is 0.770. The van der Waals surface area contributed by atoms with Crippen molar-refractivity contribution in [2.24, 2.45) is 5.92 Å². The van der Waals surface area contributed by atoms with Crippen LogP contribution in [0.4, 0.5) is 0 Å². The zero-order chi connectivity index (χ0) is 13.5. The molecule has 0 bridgehead atoms. The summed E-state index contributed by atoms with van der Waals surface area (Å²) in [4.78, 5) is 24.7. The average Bonchev–Trinajstić information content (AvgIpc) is 2.83. The lowest BCUT2D eigenvalue weighted by Crippen LogP contribution is -2.27. The van der Waals surface area contributed by atoms with E-state index in [1.54, 1.807) is 0 Å². The first-order valence-electron chi connectivity index (χ1n) is 6.63. The number of hydrogen-bond donors (Lipinski definition) is 2. The van der Waals surface area contributed by atoms with Crippen LogP contribution in [-0.2, 0) is 16.0 Å². The second-order valence-corrected chi connectivity index (χ2v) is 4.74. The summed E-state index contributed by atoms with van der Waals surface area (Å²) in [5.74, 6) is 0.527. The van der Waals surface area contributed by atoms with Gasteiger partial charge in [0.25, 0.3) is 0 Å². The molecule has 1 aliphatic rings. The molecule has 1 fully saturated rings. The molecule has 19 heavy (non-hydrogen) atoms. The summed E-state index contributed by atoms with van der Waals surface area (Å²) in [5.41, 5.74) is 0. The van der Waals surface area contributed by atoms with Gasteiger partial charge in [0.05, 0.1) is 0 Å². The van der Waals surface area contributed by atoms with Gasteiger partial charge >= 0.3 is 5.76 Å². The van der Waals surface area contributed by atoms with Gasteiger partial charge in [-0.15, -0.1) is 0 Å². The number of ether oxygens (including phenoxy) is 1. The standard InChI is InChI=1S/C12H19N3O4/c16-11(2-1-9-4-7-18-8-5-9)13-6-3-10-14-12(17)19-15-10/h9H,1-8H2,(H,13,16)(H,14,15,17). The van der Waals surface area contributed by atoms with Crippen LogP contribution in [0.1, 0.15) is 31.5 Å².